The average Bonchev–Trinajstić information content (AvgIpc) is 2.90. The van der Waals surface area contributed by atoms with Crippen LogP contribution < -0.4 is 11.1 Å². The molecule has 0 saturated carbocycles. The number of nitrogens with zero attached hydrogens (tertiary/aromatic N) is 1. The zero-order chi connectivity index (χ0) is 15.6. The van der Waals surface area contributed by atoms with Gasteiger partial charge in [-0.15, -0.1) is 0 Å². The van der Waals surface area contributed by atoms with E-state index in [0.29, 0.717) is 29.4 Å². The summed E-state index contributed by atoms with van der Waals surface area (Å²) >= 11 is 6.01. The second-order valence-electron chi connectivity index (χ2n) is 5.14. The highest BCUT2D eigenvalue weighted by atomic mass is 35.5. The van der Waals surface area contributed by atoms with Crippen LogP contribution in [0.2, 0.25) is 5.02 Å². The zero-order valence-corrected chi connectivity index (χ0v) is 12.4. The Morgan fingerprint density at radius 1 is 1.52 bits per heavy atom. The molecule has 0 aromatic heterocycles. The molecule has 0 bridgehead atoms. The average molecular weight is 312 g/mol. The lowest BCUT2D eigenvalue weighted by Crippen LogP contribution is -2.47. The number of anilines is 2. The number of halogens is 1. The van der Waals surface area contributed by atoms with Crippen LogP contribution >= 0.6 is 11.6 Å². The number of nitrogens with one attached hydrogen (secondary N) is 1. The number of likely N-dealkylation sites (tertiary alicyclic amines) is 1. The fourth-order valence-electron chi connectivity index (χ4n) is 2.54. The van der Waals surface area contributed by atoms with Gasteiger partial charge in [0.1, 0.15) is 6.04 Å². The molecule has 0 radical (unpaired) electrons. The van der Waals surface area contributed by atoms with Crippen LogP contribution in [0.1, 0.15) is 19.8 Å². The van der Waals surface area contributed by atoms with Crippen LogP contribution in [0.3, 0.4) is 0 Å². The first-order chi connectivity index (χ1) is 9.90. The highest BCUT2D eigenvalue weighted by Gasteiger charge is 2.36. The third kappa shape index (κ3) is 3.46. The van der Waals surface area contributed by atoms with Gasteiger partial charge in [0, 0.05) is 5.69 Å². The second kappa shape index (κ2) is 6.32. The SMILES string of the molecule is CC(C(=O)Nc1ccc(N)cc1Cl)N1CCCC1C(=O)O. The molecule has 1 heterocycles. The van der Waals surface area contributed by atoms with Crippen molar-refractivity contribution in [2.45, 2.75) is 31.8 Å². The van der Waals surface area contributed by atoms with Crippen molar-refractivity contribution in [1.29, 1.82) is 0 Å². The Morgan fingerprint density at radius 3 is 2.86 bits per heavy atom. The van der Waals surface area contributed by atoms with Crippen molar-refractivity contribution in [1.82, 2.24) is 4.90 Å². The van der Waals surface area contributed by atoms with E-state index in [4.69, 9.17) is 17.3 Å². The minimum atomic E-state index is -0.891. The van der Waals surface area contributed by atoms with Crippen molar-refractivity contribution in [2.75, 3.05) is 17.6 Å². The lowest BCUT2D eigenvalue weighted by molar-refractivity contribution is -0.143. The van der Waals surface area contributed by atoms with Crippen molar-refractivity contribution >= 4 is 34.9 Å². The number of amides is 1. The number of benzene rings is 1. The Balaban J connectivity index is 2.07. The van der Waals surface area contributed by atoms with Crippen LogP contribution in [-0.4, -0.2) is 40.5 Å². The van der Waals surface area contributed by atoms with Crippen molar-refractivity contribution in [3.8, 4) is 0 Å². The van der Waals surface area contributed by atoms with E-state index in [9.17, 15) is 14.7 Å². The van der Waals surface area contributed by atoms with Gasteiger partial charge >= 0.3 is 5.97 Å². The molecule has 2 unspecified atom stereocenters. The van der Waals surface area contributed by atoms with E-state index in [2.05, 4.69) is 5.32 Å². The van der Waals surface area contributed by atoms with Crippen LogP contribution in [0, 0.1) is 0 Å². The molecule has 114 valence electrons. The Labute approximate surface area is 127 Å². The number of nitrogen functional groups attached to an aromatic ring is 1. The van der Waals surface area contributed by atoms with Gasteiger partial charge in [-0.3, -0.25) is 14.5 Å². The number of rotatable bonds is 4. The van der Waals surface area contributed by atoms with E-state index >= 15 is 0 Å². The number of carboxylic acid groups (broad SMARTS) is 1. The summed E-state index contributed by atoms with van der Waals surface area (Å²) in [5, 5.41) is 12.2. The van der Waals surface area contributed by atoms with Crippen molar-refractivity contribution in [3.63, 3.8) is 0 Å². The van der Waals surface area contributed by atoms with Crippen molar-refractivity contribution in [2.24, 2.45) is 0 Å². The van der Waals surface area contributed by atoms with E-state index < -0.39 is 18.1 Å². The van der Waals surface area contributed by atoms with E-state index in [1.165, 1.54) is 0 Å². The van der Waals surface area contributed by atoms with Gasteiger partial charge in [0.15, 0.2) is 0 Å². The van der Waals surface area contributed by atoms with E-state index in [1.54, 1.807) is 30.0 Å². The summed E-state index contributed by atoms with van der Waals surface area (Å²) in [4.78, 5) is 25.1. The molecule has 1 aromatic carbocycles. The highest BCUT2D eigenvalue weighted by Crippen LogP contribution is 2.25. The van der Waals surface area contributed by atoms with Crippen LogP contribution in [0.5, 0.6) is 0 Å². The molecule has 7 heteroatoms. The Morgan fingerprint density at radius 2 is 2.24 bits per heavy atom. The van der Waals surface area contributed by atoms with E-state index in [-0.39, 0.29) is 5.91 Å². The number of carbonyl (C=O) groups is 2. The highest BCUT2D eigenvalue weighted by molar-refractivity contribution is 6.34. The molecule has 2 rings (SSSR count). The van der Waals surface area contributed by atoms with Gasteiger partial charge in [0.25, 0.3) is 0 Å². The molecular weight excluding hydrogens is 294 g/mol. The number of hydrogen-bond acceptors (Lipinski definition) is 4. The van der Waals surface area contributed by atoms with Gasteiger partial charge in [-0.05, 0) is 44.5 Å². The monoisotopic (exact) mass is 311 g/mol. The predicted molar refractivity (Wildman–Crippen MR) is 81.3 cm³/mol. The maximum atomic E-state index is 12.3. The lowest BCUT2D eigenvalue weighted by atomic mass is 10.2. The van der Waals surface area contributed by atoms with Gasteiger partial charge in [-0.1, -0.05) is 11.6 Å². The molecule has 21 heavy (non-hydrogen) atoms. The molecule has 0 aliphatic carbocycles. The Kier molecular flexibility index (Phi) is 4.69. The Bertz CT molecular complexity index is 564. The summed E-state index contributed by atoms with van der Waals surface area (Å²) in [5.41, 5.74) is 6.58. The first-order valence-corrected chi connectivity index (χ1v) is 7.12. The smallest absolute Gasteiger partial charge is 0.320 e. The van der Waals surface area contributed by atoms with Crippen molar-refractivity contribution in [3.05, 3.63) is 23.2 Å². The van der Waals surface area contributed by atoms with Crippen LogP contribution in [0.15, 0.2) is 18.2 Å². The van der Waals surface area contributed by atoms with Crippen molar-refractivity contribution < 1.29 is 14.7 Å². The third-order valence-electron chi connectivity index (χ3n) is 3.71. The van der Waals surface area contributed by atoms with E-state index in [1.807, 2.05) is 0 Å². The summed E-state index contributed by atoms with van der Waals surface area (Å²) in [6.45, 7) is 2.29. The van der Waals surface area contributed by atoms with Gasteiger partial charge in [-0.2, -0.15) is 0 Å². The van der Waals surface area contributed by atoms with Gasteiger partial charge in [0.2, 0.25) is 5.91 Å². The summed E-state index contributed by atoms with van der Waals surface area (Å²) in [5.74, 6) is -1.17. The predicted octanol–water partition coefficient (Wildman–Crippen LogP) is 1.80. The second-order valence-corrected chi connectivity index (χ2v) is 5.55. The fraction of sp³-hybridized carbons (Fsp3) is 0.429. The molecular formula is C14H18ClN3O3. The van der Waals surface area contributed by atoms with E-state index in [0.717, 1.165) is 6.42 Å². The fourth-order valence-corrected chi connectivity index (χ4v) is 2.77. The van der Waals surface area contributed by atoms with Gasteiger partial charge in [-0.25, -0.2) is 0 Å². The Hall–Kier alpha value is -1.79. The molecule has 1 aromatic rings. The molecule has 0 spiro atoms. The maximum Gasteiger partial charge on any atom is 0.320 e. The quantitative estimate of drug-likeness (QED) is 0.737. The molecule has 1 fully saturated rings. The topological polar surface area (TPSA) is 95.7 Å². The van der Waals surface area contributed by atoms with Gasteiger partial charge in [0.05, 0.1) is 16.8 Å². The number of nitrogens with two attached hydrogens (primary N) is 1. The summed E-state index contributed by atoms with van der Waals surface area (Å²) in [6.07, 6.45) is 1.34. The molecule has 2 atom stereocenters. The molecule has 6 nitrogen and oxygen atoms in total. The molecule has 1 aliphatic heterocycles. The summed E-state index contributed by atoms with van der Waals surface area (Å²) in [7, 11) is 0. The standard InChI is InChI=1S/C14H18ClN3O3/c1-8(18-6-2-3-12(18)14(20)21)13(19)17-11-5-4-9(16)7-10(11)15/h4-5,7-8,12H,2-3,6,16H2,1H3,(H,17,19)(H,20,21). The molecule has 1 aliphatic rings. The molecule has 4 N–H and O–H groups in total. The number of hydrogen-bond donors (Lipinski definition) is 3. The number of aliphatic carboxylic acids is 1. The van der Waals surface area contributed by atoms with Crippen LogP contribution in [0.4, 0.5) is 11.4 Å². The molecule has 1 saturated heterocycles. The first-order valence-electron chi connectivity index (χ1n) is 6.74. The maximum absolute atomic E-state index is 12.3. The van der Waals surface area contributed by atoms with Crippen LogP contribution in [-0.2, 0) is 9.59 Å². The molecule has 1 amide bonds. The minimum Gasteiger partial charge on any atom is -0.480 e. The number of carboxylic acids is 1. The van der Waals surface area contributed by atoms with Crippen LogP contribution in [0.25, 0.3) is 0 Å². The number of carbonyl (C=O) groups excluding carboxylic acids is 1. The largest absolute Gasteiger partial charge is 0.480 e. The summed E-state index contributed by atoms with van der Waals surface area (Å²) in [6, 6.07) is 3.68. The first kappa shape index (κ1) is 15.6. The summed E-state index contributed by atoms with van der Waals surface area (Å²) < 4.78 is 0. The zero-order valence-electron chi connectivity index (χ0n) is 11.7. The minimum absolute atomic E-state index is 0.283. The third-order valence-corrected chi connectivity index (χ3v) is 4.02. The normalized spacial score (nSPS) is 20.2. The lowest BCUT2D eigenvalue weighted by Gasteiger charge is -2.27. The van der Waals surface area contributed by atoms with Gasteiger partial charge < -0.3 is 16.2 Å².